The van der Waals surface area contributed by atoms with E-state index in [2.05, 4.69) is 9.97 Å². The van der Waals surface area contributed by atoms with Gasteiger partial charge >= 0.3 is 0 Å². The lowest BCUT2D eigenvalue weighted by atomic mass is 9.96. The van der Waals surface area contributed by atoms with E-state index in [0.29, 0.717) is 0 Å². The fraction of sp³-hybridized carbons (Fsp3) is 0.429. The van der Waals surface area contributed by atoms with E-state index < -0.39 is 42.1 Å². The van der Waals surface area contributed by atoms with Gasteiger partial charge in [0.25, 0.3) is 5.56 Å². The minimum atomic E-state index is -1.97. The van der Waals surface area contributed by atoms with E-state index in [9.17, 15) is 24.9 Å². The normalized spacial score (nSPS) is 28.5. The number of nitrogens with zero attached hydrogens (tertiary/aromatic N) is 3. The molecule has 2 aromatic heterocycles. The molecule has 0 radical (unpaired) electrons. The molecule has 1 fully saturated rings. The maximum atomic E-state index is 12.6. The highest BCUT2D eigenvalue weighted by atomic mass is 16.6. The highest BCUT2D eigenvalue weighted by Gasteiger charge is 2.53. The van der Waals surface area contributed by atoms with Crippen LogP contribution in [0.2, 0.25) is 0 Å². The van der Waals surface area contributed by atoms with Crippen LogP contribution in [0, 0.1) is 0 Å². The maximum Gasteiger partial charge on any atom is 0.255 e. The smallest absolute Gasteiger partial charge is 0.255 e. The zero-order chi connectivity index (χ0) is 19.4. The molecule has 4 atom stereocenters. The van der Waals surface area contributed by atoms with Crippen molar-refractivity contribution in [1.82, 2.24) is 14.5 Å². The zero-order valence-corrected chi connectivity index (χ0v) is 13.7. The molecule has 12 nitrogen and oxygen atoms in total. The van der Waals surface area contributed by atoms with Crippen LogP contribution in [0.15, 0.2) is 10.9 Å². The highest BCUT2D eigenvalue weighted by Crippen LogP contribution is 2.39. The van der Waals surface area contributed by atoms with E-state index in [1.165, 1.54) is 6.92 Å². The molecule has 3 heterocycles. The van der Waals surface area contributed by atoms with Gasteiger partial charge in [0.2, 0.25) is 11.9 Å². The summed E-state index contributed by atoms with van der Waals surface area (Å²) < 4.78 is 6.33. The number of ether oxygens (including phenoxy) is 1. The molecule has 0 bridgehead atoms. The molecule has 1 saturated heterocycles. The molecule has 1 aliphatic heterocycles. The van der Waals surface area contributed by atoms with Crippen LogP contribution in [-0.2, 0) is 4.74 Å². The van der Waals surface area contributed by atoms with E-state index in [-0.39, 0.29) is 28.4 Å². The van der Waals surface area contributed by atoms with E-state index in [1.54, 1.807) is 0 Å². The summed E-state index contributed by atoms with van der Waals surface area (Å²) in [5.74, 6) is -1.43. The molecule has 0 aliphatic carbocycles. The van der Waals surface area contributed by atoms with Crippen LogP contribution >= 0.6 is 0 Å². The molecule has 9 N–H and O–H groups in total. The van der Waals surface area contributed by atoms with Crippen molar-refractivity contribution in [2.24, 2.45) is 5.73 Å². The molecule has 12 heteroatoms. The second kappa shape index (κ2) is 5.88. The van der Waals surface area contributed by atoms with Gasteiger partial charge in [-0.3, -0.25) is 14.2 Å². The minimum absolute atomic E-state index is 0.0485. The first kappa shape index (κ1) is 18.0. The topological polar surface area (TPSA) is 213 Å². The number of aliphatic hydroxyl groups excluding tert-OH is 2. The predicted octanol–water partition coefficient (Wildman–Crippen LogP) is -2.94. The van der Waals surface area contributed by atoms with Gasteiger partial charge in [0.05, 0.1) is 17.6 Å². The largest absolute Gasteiger partial charge is 0.394 e. The first-order valence-electron chi connectivity index (χ1n) is 7.54. The van der Waals surface area contributed by atoms with Gasteiger partial charge in [0, 0.05) is 6.07 Å². The third kappa shape index (κ3) is 2.47. The second-order valence-electron chi connectivity index (χ2n) is 6.18. The number of carbonyl (C=O) groups is 1. The van der Waals surface area contributed by atoms with E-state index in [4.69, 9.17) is 21.9 Å². The van der Waals surface area contributed by atoms with Crippen molar-refractivity contribution in [2.45, 2.75) is 31.0 Å². The lowest BCUT2D eigenvalue weighted by molar-refractivity contribution is -0.0963. The summed E-state index contributed by atoms with van der Waals surface area (Å²) in [6.07, 6.45) is -4.09. The first-order valence-corrected chi connectivity index (χ1v) is 7.54. The number of pyridine rings is 1. The Labute approximate surface area is 145 Å². The first-order chi connectivity index (χ1) is 12.1. The van der Waals surface area contributed by atoms with E-state index in [1.807, 2.05) is 0 Å². The molecule has 0 spiro atoms. The van der Waals surface area contributed by atoms with Gasteiger partial charge < -0.3 is 37.3 Å². The lowest BCUT2D eigenvalue weighted by Gasteiger charge is -2.28. The Morgan fingerprint density at radius 2 is 2.08 bits per heavy atom. The number of primary amides is 1. The number of aromatic nitrogens is 3. The van der Waals surface area contributed by atoms with E-state index in [0.717, 1.165) is 10.6 Å². The Bertz CT molecular complexity index is 957. The summed E-state index contributed by atoms with van der Waals surface area (Å²) in [4.78, 5) is 32.0. The van der Waals surface area contributed by atoms with Crippen molar-refractivity contribution in [3.05, 3.63) is 22.0 Å². The van der Waals surface area contributed by atoms with Crippen LogP contribution < -0.4 is 22.8 Å². The average Bonchev–Trinajstić information content (AvgIpc) is 2.76. The summed E-state index contributed by atoms with van der Waals surface area (Å²) in [5.41, 5.74) is 13.5. The van der Waals surface area contributed by atoms with Gasteiger partial charge in [-0.1, -0.05) is 0 Å². The number of rotatable bonds is 3. The number of hydrogen-bond acceptors (Lipinski definition) is 10. The number of carbonyl (C=O) groups excluding carboxylic acids is 1. The van der Waals surface area contributed by atoms with E-state index >= 15 is 0 Å². The van der Waals surface area contributed by atoms with Gasteiger partial charge in [-0.05, 0) is 6.92 Å². The standard InChI is InChI=1S/C14H18N6O6/c1-14(25)8(23)5(3-21)26-12(14)20-6(22)2-4(10(16)24)7-9(15)18-13(17)19-11(7)20/h2,5,8,12,21,23,25H,3H2,1H3,(H2,16,24)(H4,15,17,18,19)/t5?,8?,12?,14-/m1/s1. The summed E-state index contributed by atoms with van der Waals surface area (Å²) in [6, 6.07) is 0.901. The molecular weight excluding hydrogens is 348 g/mol. The van der Waals surface area contributed by atoms with Gasteiger partial charge in [-0.25, -0.2) is 0 Å². The number of nitrogens with two attached hydrogens (primary N) is 3. The molecule has 2 aromatic rings. The molecular formula is C14H18N6O6. The molecule has 1 aliphatic rings. The quantitative estimate of drug-likeness (QED) is 0.325. The number of amides is 1. The fourth-order valence-corrected chi connectivity index (χ4v) is 3.07. The van der Waals surface area contributed by atoms with Crippen molar-refractivity contribution >= 4 is 28.7 Å². The Balaban J connectivity index is 2.38. The number of fused-ring (bicyclic) bond motifs is 1. The van der Waals surface area contributed by atoms with Crippen LogP contribution in [0.4, 0.5) is 11.8 Å². The Morgan fingerprint density at radius 1 is 1.42 bits per heavy atom. The molecule has 0 aromatic carbocycles. The summed E-state index contributed by atoms with van der Waals surface area (Å²) in [6.45, 7) is 0.630. The predicted molar refractivity (Wildman–Crippen MR) is 88.8 cm³/mol. The monoisotopic (exact) mass is 366 g/mol. The lowest BCUT2D eigenvalue weighted by Crippen LogP contribution is -2.46. The Kier molecular flexibility index (Phi) is 4.07. The SMILES string of the molecule is C[C@@]1(O)C(O)C(CO)OC1n1c(=O)cc(C(N)=O)c2c(N)nc(N)nc21. The maximum absolute atomic E-state index is 12.6. The number of anilines is 2. The van der Waals surface area contributed by atoms with Gasteiger partial charge in [-0.15, -0.1) is 0 Å². The van der Waals surface area contributed by atoms with Crippen LogP contribution in [0.3, 0.4) is 0 Å². The molecule has 0 saturated carbocycles. The minimum Gasteiger partial charge on any atom is -0.394 e. The highest BCUT2D eigenvalue weighted by molar-refractivity contribution is 6.08. The van der Waals surface area contributed by atoms with Crippen LogP contribution in [0.1, 0.15) is 23.5 Å². The number of aliphatic hydroxyl groups is 3. The van der Waals surface area contributed by atoms with Crippen LogP contribution in [-0.4, -0.2) is 60.2 Å². The van der Waals surface area contributed by atoms with Crippen molar-refractivity contribution in [3.8, 4) is 0 Å². The Hall–Kier alpha value is -2.80. The van der Waals surface area contributed by atoms with Crippen molar-refractivity contribution in [1.29, 1.82) is 0 Å². The number of hydrogen-bond donors (Lipinski definition) is 6. The molecule has 140 valence electrons. The third-order valence-electron chi connectivity index (χ3n) is 4.37. The summed E-state index contributed by atoms with van der Waals surface area (Å²) in [5, 5.41) is 30.1. The Morgan fingerprint density at radius 3 is 2.62 bits per heavy atom. The van der Waals surface area contributed by atoms with Crippen molar-refractivity contribution in [2.75, 3.05) is 18.1 Å². The van der Waals surface area contributed by atoms with Crippen LogP contribution in [0.25, 0.3) is 11.0 Å². The second-order valence-corrected chi connectivity index (χ2v) is 6.18. The van der Waals surface area contributed by atoms with Crippen LogP contribution in [0.5, 0.6) is 0 Å². The van der Waals surface area contributed by atoms with Crippen molar-refractivity contribution in [3.63, 3.8) is 0 Å². The molecule has 26 heavy (non-hydrogen) atoms. The third-order valence-corrected chi connectivity index (χ3v) is 4.37. The van der Waals surface area contributed by atoms with Gasteiger partial charge in [0.1, 0.15) is 23.6 Å². The molecule has 3 unspecified atom stereocenters. The zero-order valence-electron chi connectivity index (χ0n) is 13.7. The fourth-order valence-electron chi connectivity index (χ4n) is 3.07. The van der Waals surface area contributed by atoms with Gasteiger partial charge in [-0.2, -0.15) is 9.97 Å². The summed E-state index contributed by atoms with van der Waals surface area (Å²) in [7, 11) is 0. The number of nitrogen functional groups attached to an aromatic ring is 2. The van der Waals surface area contributed by atoms with Gasteiger partial charge in [0.15, 0.2) is 11.9 Å². The summed E-state index contributed by atoms with van der Waals surface area (Å²) >= 11 is 0. The van der Waals surface area contributed by atoms with Crippen molar-refractivity contribution < 1.29 is 24.9 Å². The molecule has 1 amide bonds. The molecule has 3 rings (SSSR count). The average molecular weight is 366 g/mol.